The van der Waals surface area contributed by atoms with E-state index >= 15 is 0 Å². The molecule has 0 aliphatic carbocycles. The number of azo groups is 1. The number of nitrogens with zero attached hydrogens (tertiary/aromatic N) is 3. The first-order valence-electron chi connectivity index (χ1n) is 6.13. The number of aryl methyl sites for hydroxylation is 2. The van der Waals surface area contributed by atoms with E-state index in [2.05, 4.69) is 15.4 Å². The molecule has 0 N–H and O–H groups in total. The van der Waals surface area contributed by atoms with Crippen LogP contribution in [0.15, 0.2) is 45.1 Å². The minimum atomic E-state index is -0.0357. The predicted octanol–water partition coefficient (Wildman–Crippen LogP) is 4.39. The molecule has 1 unspecified atom stereocenters. The Balaban J connectivity index is 2.19. The second-order valence-electron chi connectivity index (χ2n) is 4.19. The van der Waals surface area contributed by atoms with Gasteiger partial charge in [-0.2, -0.15) is 10.2 Å². The molecule has 2 rings (SSSR count). The largest absolute Gasteiger partial charge is 0.361 e. The van der Waals surface area contributed by atoms with Crippen LogP contribution in [0.2, 0.25) is 0 Å². The van der Waals surface area contributed by atoms with Crippen molar-refractivity contribution >= 4 is 5.69 Å². The molecule has 1 atom stereocenters. The van der Waals surface area contributed by atoms with Gasteiger partial charge in [0.25, 0.3) is 0 Å². The molecule has 18 heavy (non-hydrogen) atoms. The van der Waals surface area contributed by atoms with E-state index in [4.69, 9.17) is 4.52 Å². The van der Waals surface area contributed by atoms with Crippen LogP contribution in [0.4, 0.5) is 5.69 Å². The Morgan fingerprint density at radius 3 is 2.67 bits per heavy atom. The van der Waals surface area contributed by atoms with Crippen LogP contribution < -0.4 is 0 Å². The zero-order chi connectivity index (χ0) is 13.0. The van der Waals surface area contributed by atoms with Gasteiger partial charge in [-0.1, -0.05) is 30.3 Å². The summed E-state index contributed by atoms with van der Waals surface area (Å²) in [5.74, 6) is 0.895. The van der Waals surface area contributed by atoms with Gasteiger partial charge in [0.05, 0.1) is 17.4 Å². The van der Waals surface area contributed by atoms with Crippen LogP contribution >= 0.6 is 0 Å². The first-order valence-corrected chi connectivity index (χ1v) is 6.13. The van der Waals surface area contributed by atoms with Crippen LogP contribution in [-0.4, -0.2) is 5.16 Å². The van der Waals surface area contributed by atoms with Crippen molar-refractivity contribution in [2.45, 2.75) is 33.2 Å². The second-order valence-corrected chi connectivity index (χ2v) is 4.19. The molecule has 94 valence electrons. The number of hydrogen-bond acceptors (Lipinski definition) is 4. The van der Waals surface area contributed by atoms with Crippen molar-refractivity contribution in [2.24, 2.45) is 10.2 Å². The Labute approximate surface area is 107 Å². The highest BCUT2D eigenvalue weighted by Crippen LogP contribution is 2.26. The molecule has 1 heterocycles. The van der Waals surface area contributed by atoms with Crippen LogP contribution in [0.1, 0.15) is 36.9 Å². The maximum absolute atomic E-state index is 5.27. The summed E-state index contributed by atoms with van der Waals surface area (Å²) in [6.45, 7) is 5.99. The zero-order valence-electron chi connectivity index (χ0n) is 10.9. The third-order valence-electron chi connectivity index (χ3n) is 2.82. The third-order valence-corrected chi connectivity index (χ3v) is 2.82. The fourth-order valence-corrected chi connectivity index (χ4v) is 1.92. The second kappa shape index (κ2) is 5.58. The van der Waals surface area contributed by atoms with Gasteiger partial charge < -0.3 is 4.52 Å². The molecule has 0 aliphatic rings. The molecule has 0 saturated carbocycles. The number of aromatic nitrogens is 1. The normalized spacial score (nSPS) is 13.1. The zero-order valence-corrected chi connectivity index (χ0v) is 10.9. The number of rotatable bonds is 4. The lowest BCUT2D eigenvalue weighted by Gasteiger charge is -2.04. The average molecular weight is 243 g/mol. The molecule has 4 nitrogen and oxygen atoms in total. The van der Waals surface area contributed by atoms with Crippen molar-refractivity contribution in [3.05, 3.63) is 47.3 Å². The highest BCUT2D eigenvalue weighted by atomic mass is 16.5. The van der Waals surface area contributed by atoms with E-state index < -0.39 is 0 Å². The molecule has 0 saturated heterocycles. The van der Waals surface area contributed by atoms with Crippen LogP contribution in [0.25, 0.3) is 0 Å². The van der Waals surface area contributed by atoms with Gasteiger partial charge in [0.15, 0.2) is 0 Å². The van der Waals surface area contributed by atoms with Crippen molar-refractivity contribution in [1.29, 1.82) is 0 Å². The van der Waals surface area contributed by atoms with E-state index in [1.165, 1.54) is 0 Å². The number of benzene rings is 1. The van der Waals surface area contributed by atoms with Crippen molar-refractivity contribution in [3.63, 3.8) is 0 Å². The standard InChI is InChI=1S/C14H17N3O/c1-4-13-14(11(3)17-18-13)10(2)15-16-12-8-6-5-7-9-12/h5-10H,4H2,1-3H3. The summed E-state index contributed by atoms with van der Waals surface area (Å²) in [5, 5.41) is 12.6. The molecule has 0 fully saturated rings. The van der Waals surface area contributed by atoms with E-state index in [1.54, 1.807) is 0 Å². The maximum Gasteiger partial charge on any atom is 0.142 e. The highest BCUT2D eigenvalue weighted by Gasteiger charge is 2.17. The molecule has 0 aliphatic heterocycles. The first kappa shape index (κ1) is 12.5. The van der Waals surface area contributed by atoms with E-state index in [0.717, 1.165) is 29.1 Å². The van der Waals surface area contributed by atoms with Crippen molar-refractivity contribution in [3.8, 4) is 0 Å². The summed E-state index contributed by atoms with van der Waals surface area (Å²) in [6.07, 6.45) is 0.821. The molecule has 4 heteroatoms. The van der Waals surface area contributed by atoms with Crippen molar-refractivity contribution in [2.75, 3.05) is 0 Å². The summed E-state index contributed by atoms with van der Waals surface area (Å²) in [4.78, 5) is 0. The smallest absolute Gasteiger partial charge is 0.142 e. The fourth-order valence-electron chi connectivity index (χ4n) is 1.92. The summed E-state index contributed by atoms with van der Waals surface area (Å²) >= 11 is 0. The van der Waals surface area contributed by atoms with Gasteiger partial charge in [0.2, 0.25) is 0 Å². The van der Waals surface area contributed by atoms with Crippen LogP contribution in [0.3, 0.4) is 0 Å². The predicted molar refractivity (Wildman–Crippen MR) is 70.0 cm³/mol. The van der Waals surface area contributed by atoms with E-state index in [-0.39, 0.29) is 6.04 Å². The highest BCUT2D eigenvalue weighted by molar-refractivity contribution is 5.35. The average Bonchev–Trinajstić information content (AvgIpc) is 2.78. The van der Waals surface area contributed by atoms with Gasteiger partial charge in [-0.15, -0.1) is 0 Å². The monoisotopic (exact) mass is 243 g/mol. The van der Waals surface area contributed by atoms with Crippen LogP contribution in [-0.2, 0) is 6.42 Å². The SMILES string of the molecule is CCc1onc(C)c1C(C)N=Nc1ccccc1. The quantitative estimate of drug-likeness (QED) is 0.748. The Hall–Kier alpha value is -1.97. The summed E-state index contributed by atoms with van der Waals surface area (Å²) < 4.78 is 5.27. The van der Waals surface area contributed by atoms with Crippen LogP contribution in [0, 0.1) is 6.92 Å². The minimum absolute atomic E-state index is 0.0357. The van der Waals surface area contributed by atoms with E-state index in [1.807, 2.05) is 51.1 Å². The topological polar surface area (TPSA) is 50.8 Å². The lowest BCUT2D eigenvalue weighted by Crippen LogP contribution is -1.94. The molecule has 0 spiro atoms. The van der Waals surface area contributed by atoms with Gasteiger partial charge in [0, 0.05) is 12.0 Å². The Morgan fingerprint density at radius 2 is 2.00 bits per heavy atom. The summed E-state index contributed by atoms with van der Waals surface area (Å²) in [7, 11) is 0. The molecule has 0 radical (unpaired) electrons. The third kappa shape index (κ3) is 2.64. The summed E-state index contributed by atoms with van der Waals surface area (Å²) in [6, 6.07) is 9.67. The molecule has 0 amide bonds. The van der Waals surface area contributed by atoms with Gasteiger partial charge in [-0.25, -0.2) is 0 Å². The molecule has 2 aromatic rings. The van der Waals surface area contributed by atoms with E-state index in [0.29, 0.717) is 0 Å². The maximum atomic E-state index is 5.27. The lowest BCUT2D eigenvalue weighted by atomic mass is 10.1. The van der Waals surface area contributed by atoms with Gasteiger partial charge in [-0.3, -0.25) is 0 Å². The summed E-state index contributed by atoms with van der Waals surface area (Å²) in [5.41, 5.74) is 2.81. The number of hydrogen-bond donors (Lipinski definition) is 0. The minimum Gasteiger partial charge on any atom is -0.361 e. The Kier molecular flexibility index (Phi) is 3.87. The molecular weight excluding hydrogens is 226 g/mol. The lowest BCUT2D eigenvalue weighted by molar-refractivity contribution is 0.381. The Bertz CT molecular complexity index is 531. The molecular formula is C14H17N3O. The van der Waals surface area contributed by atoms with Gasteiger partial charge >= 0.3 is 0 Å². The van der Waals surface area contributed by atoms with E-state index in [9.17, 15) is 0 Å². The van der Waals surface area contributed by atoms with Crippen molar-refractivity contribution in [1.82, 2.24) is 5.16 Å². The molecule has 1 aromatic carbocycles. The van der Waals surface area contributed by atoms with Crippen molar-refractivity contribution < 1.29 is 4.52 Å². The molecule has 1 aromatic heterocycles. The van der Waals surface area contributed by atoms with Gasteiger partial charge in [0.1, 0.15) is 5.76 Å². The Morgan fingerprint density at radius 1 is 1.28 bits per heavy atom. The first-order chi connectivity index (χ1) is 8.72. The fraction of sp³-hybridized carbons (Fsp3) is 0.357. The van der Waals surface area contributed by atoms with Gasteiger partial charge in [-0.05, 0) is 26.0 Å². The van der Waals surface area contributed by atoms with Crippen LogP contribution in [0.5, 0.6) is 0 Å². The molecule has 0 bridgehead atoms.